The zero-order valence-electron chi connectivity index (χ0n) is 11.8. The molecule has 0 bridgehead atoms. The van der Waals surface area contributed by atoms with Gasteiger partial charge < -0.3 is 9.73 Å². The summed E-state index contributed by atoms with van der Waals surface area (Å²) in [6.07, 6.45) is 6.28. The van der Waals surface area contributed by atoms with E-state index in [9.17, 15) is 4.79 Å². The molecule has 22 heavy (non-hydrogen) atoms. The van der Waals surface area contributed by atoms with E-state index in [2.05, 4.69) is 20.7 Å². The van der Waals surface area contributed by atoms with E-state index in [0.717, 1.165) is 30.6 Å². The zero-order valence-corrected chi connectivity index (χ0v) is 11.8. The van der Waals surface area contributed by atoms with Gasteiger partial charge in [0.1, 0.15) is 5.76 Å². The monoisotopic (exact) mass is 297 g/mol. The van der Waals surface area contributed by atoms with Crippen LogP contribution in [-0.2, 0) is 6.42 Å². The zero-order chi connectivity index (χ0) is 14.9. The van der Waals surface area contributed by atoms with Gasteiger partial charge in [-0.05, 0) is 31.0 Å². The van der Waals surface area contributed by atoms with Crippen LogP contribution in [0.3, 0.4) is 0 Å². The molecule has 0 unspecified atom stereocenters. The lowest BCUT2D eigenvalue weighted by molar-refractivity contribution is 0.246. The van der Waals surface area contributed by atoms with Gasteiger partial charge in [-0.2, -0.15) is 4.98 Å². The van der Waals surface area contributed by atoms with Crippen molar-refractivity contribution in [2.75, 3.05) is 5.32 Å². The first kappa shape index (κ1) is 12.9. The number of aromatic nitrogens is 3. The number of pyridine rings is 1. The Balaban J connectivity index is 1.47. The van der Waals surface area contributed by atoms with E-state index in [1.807, 2.05) is 24.3 Å². The number of nitrogens with one attached hydrogen (secondary N) is 2. The van der Waals surface area contributed by atoms with Gasteiger partial charge in [0.25, 0.3) is 5.95 Å². The van der Waals surface area contributed by atoms with Crippen molar-refractivity contribution < 1.29 is 9.21 Å². The lowest BCUT2D eigenvalue weighted by atomic mass is 9.93. The van der Waals surface area contributed by atoms with Crippen LogP contribution >= 0.6 is 0 Å². The predicted octanol–water partition coefficient (Wildman–Crippen LogP) is 2.52. The maximum absolute atomic E-state index is 12.1. The molecule has 0 spiro atoms. The van der Waals surface area contributed by atoms with E-state index in [1.165, 1.54) is 0 Å². The third-order valence-corrected chi connectivity index (χ3v) is 3.82. The topological polar surface area (TPSA) is 84.5 Å². The van der Waals surface area contributed by atoms with Gasteiger partial charge in [0.15, 0.2) is 5.65 Å². The number of rotatable bonds is 2. The van der Waals surface area contributed by atoms with Crippen LogP contribution in [0.2, 0.25) is 0 Å². The van der Waals surface area contributed by atoms with E-state index >= 15 is 0 Å². The Morgan fingerprint density at radius 3 is 3.23 bits per heavy atom. The minimum absolute atomic E-state index is 0.0282. The molecule has 0 fully saturated rings. The molecule has 112 valence electrons. The minimum atomic E-state index is -0.310. The lowest BCUT2D eigenvalue weighted by Gasteiger charge is -2.22. The smallest absolute Gasteiger partial charge is 0.322 e. The van der Waals surface area contributed by atoms with Crippen LogP contribution in [0, 0.1) is 0 Å². The van der Waals surface area contributed by atoms with Crippen LogP contribution in [0.4, 0.5) is 10.7 Å². The minimum Gasteiger partial charge on any atom is -0.469 e. The van der Waals surface area contributed by atoms with Gasteiger partial charge in [-0.15, -0.1) is 5.10 Å². The Hall–Kier alpha value is -2.83. The average Bonchev–Trinajstić information content (AvgIpc) is 3.12. The molecule has 0 aromatic carbocycles. The number of hydrogen-bond donors (Lipinski definition) is 2. The largest absolute Gasteiger partial charge is 0.469 e. The van der Waals surface area contributed by atoms with Crippen molar-refractivity contribution in [3.63, 3.8) is 0 Å². The Morgan fingerprint density at radius 2 is 2.32 bits per heavy atom. The number of urea groups is 1. The second-order valence-electron chi connectivity index (χ2n) is 5.28. The van der Waals surface area contributed by atoms with E-state index in [4.69, 9.17) is 4.42 Å². The van der Waals surface area contributed by atoms with Crippen LogP contribution in [0.5, 0.6) is 0 Å². The van der Waals surface area contributed by atoms with Crippen molar-refractivity contribution in [1.29, 1.82) is 0 Å². The van der Waals surface area contributed by atoms with Crippen molar-refractivity contribution in [3.8, 4) is 0 Å². The first-order valence-electron chi connectivity index (χ1n) is 7.25. The molecule has 0 aliphatic heterocycles. The number of carbonyl (C=O) groups excluding carboxylic acids is 1. The van der Waals surface area contributed by atoms with Crippen LogP contribution in [0.1, 0.15) is 30.2 Å². The number of hydrogen-bond acceptors (Lipinski definition) is 4. The molecule has 7 heteroatoms. The molecular weight excluding hydrogens is 282 g/mol. The maximum Gasteiger partial charge on any atom is 0.322 e. The molecular formula is C15H15N5O2. The molecule has 3 aromatic heterocycles. The van der Waals surface area contributed by atoms with E-state index in [1.54, 1.807) is 17.0 Å². The average molecular weight is 297 g/mol. The summed E-state index contributed by atoms with van der Waals surface area (Å²) in [6, 6.07) is 7.14. The quantitative estimate of drug-likeness (QED) is 0.761. The number of furan rings is 1. The second kappa shape index (κ2) is 5.18. The Morgan fingerprint density at radius 1 is 1.36 bits per heavy atom. The standard InChI is InChI=1S/C15H15N5O2/c21-15(16-11-4-3-5-12-10(11)7-9-22-12)18-14-17-13-6-1-2-8-20(13)19-14/h1-2,6-9,11H,3-5H2,(H2,16,18,19,21)/t11-/m0/s1. The Kier molecular flexibility index (Phi) is 3.03. The van der Waals surface area contributed by atoms with Gasteiger partial charge in [0, 0.05) is 18.2 Å². The van der Waals surface area contributed by atoms with Crippen LogP contribution < -0.4 is 10.6 Å². The summed E-state index contributed by atoms with van der Waals surface area (Å²) in [7, 11) is 0. The fourth-order valence-electron chi connectivity index (χ4n) is 2.82. The molecule has 0 saturated heterocycles. The SMILES string of the molecule is O=C(Nc1nc2ccccn2n1)N[C@H]1CCCc2occc21. The third kappa shape index (κ3) is 2.30. The summed E-state index contributed by atoms with van der Waals surface area (Å²) in [6.45, 7) is 0. The summed E-state index contributed by atoms with van der Waals surface area (Å²) in [4.78, 5) is 16.4. The molecule has 1 aliphatic carbocycles. The van der Waals surface area contributed by atoms with E-state index in [0.29, 0.717) is 5.65 Å². The third-order valence-electron chi connectivity index (χ3n) is 3.82. The maximum atomic E-state index is 12.1. The highest BCUT2D eigenvalue weighted by Gasteiger charge is 2.24. The highest BCUT2D eigenvalue weighted by atomic mass is 16.3. The fourth-order valence-corrected chi connectivity index (χ4v) is 2.82. The lowest BCUT2D eigenvalue weighted by Crippen LogP contribution is -2.34. The normalized spacial score (nSPS) is 17.2. The number of aryl methyl sites for hydroxylation is 1. The molecule has 1 aliphatic rings. The number of amides is 2. The number of anilines is 1. The first-order valence-corrected chi connectivity index (χ1v) is 7.25. The summed E-state index contributed by atoms with van der Waals surface area (Å²) >= 11 is 0. The predicted molar refractivity (Wildman–Crippen MR) is 79.5 cm³/mol. The van der Waals surface area contributed by atoms with Crippen molar-refractivity contribution in [2.45, 2.75) is 25.3 Å². The molecule has 2 amide bonds. The number of nitrogens with zero attached hydrogens (tertiary/aromatic N) is 3. The second-order valence-corrected chi connectivity index (χ2v) is 5.28. The van der Waals surface area contributed by atoms with E-state index in [-0.39, 0.29) is 18.0 Å². The van der Waals surface area contributed by atoms with Crippen molar-refractivity contribution >= 4 is 17.6 Å². The fraction of sp³-hybridized carbons (Fsp3) is 0.267. The van der Waals surface area contributed by atoms with Crippen LogP contribution in [-0.4, -0.2) is 20.6 Å². The Bertz CT molecular complexity index is 789. The molecule has 0 saturated carbocycles. The number of fused-ring (bicyclic) bond motifs is 2. The van der Waals surface area contributed by atoms with Gasteiger partial charge in [-0.1, -0.05) is 6.07 Å². The summed E-state index contributed by atoms with van der Waals surface area (Å²) < 4.78 is 7.04. The Labute approximate surface area is 126 Å². The van der Waals surface area contributed by atoms with E-state index < -0.39 is 0 Å². The summed E-state index contributed by atoms with van der Waals surface area (Å²) in [5.74, 6) is 1.24. The molecule has 0 radical (unpaired) electrons. The molecule has 7 nitrogen and oxygen atoms in total. The molecule has 4 rings (SSSR count). The van der Waals surface area contributed by atoms with Gasteiger partial charge in [-0.3, -0.25) is 5.32 Å². The van der Waals surface area contributed by atoms with Gasteiger partial charge in [0.2, 0.25) is 0 Å². The molecule has 3 heterocycles. The van der Waals surface area contributed by atoms with Gasteiger partial charge >= 0.3 is 6.03 Å². The molecule has 1 atom stereocenters. The highest BCUT2D eigenvalue weighted by Crippen LogP contribution is 2.30. The van der Waals surface area contributed by atoms with Gasteiger partial charge in [0.05, 0.1) is 12.3 Å². The first-order chi connectivity index (χ1) is 10.8. The summed E-state index contributed by atoms with van der Waals surface area (Å²) in [5, 5.41) is 9.83. The molecule has 3 aromatic rings. The van der Waals surface area contributed by atoms with Crippen LogP contribution in [0.15, 0.2) is 41.1 Å². The summed E-state index contributed by atoms with van der Waals surface area (Å²) in [5.41, 5.74) is 1.75. The van der Waals surface area contributed by atoms with Crippen molar-refractivity contribution in [3.05, 3.63) is 48.0 Å². The molecule has 2 N–H and O–H groups in total. The van der Waals surface area contributed by atoms with Gasteiger partial charge in [-0.25, -0.2) is 9.31 Å². The van der Waals surface area contributed by atoms with Crippen molar-refractivity contribution in [1.82, 2.24) is 19.9 Å². The van der Waals surface area contributed by atoms with Crippen LogP contribution in [0.25, 0.3) is 5.65 Å². The van der Waals surface area contributed by atoms with Crippen molar-refractivity contribution in [2.24, 2.45) is 0 Å². The highest BCUT2D eigenvalue weighted by molar-refractivity contribution is 5.87. The number of carbonyl (C=O) groups is 1.